The molecule has 1 heterocycles. The number of hydrazone groups is 1. The average Bonchev–Trinajstić information content (AvgIpc) is 3.21. The van der Waals surface area contributed by atoms with Crippen molar-refractivity contribution in [2.24, 2.45) is 5.10 Å². The van der Waals surface area contributed by atoms with Crippen LogP contribution in [-0.4, -0.2) is 24.6 Å². The van der Waals surface area contributed by atoms with Crippen LogP contribution in [0.1, 0.15) is 19.4 Å². The smallest absolute Gasteiger partial charge is 0.276 e. The van der Waals surface area contributed by atoms with E-state index >= 15 is 0 Å². The van der Waals surface area contributed by atoms with Crippen molar-refractivity contribution < 1.29 is 13.2 Å². The Bertz CT molecular complexity index is 1090. The maximum atomic E-state index is 12.4. The van der Waals surface area contributed by atoms with E-state index in [2.05, 4.69) is 15.2 Å². The van der Waals surface area contributed by atoms with Crippen molar-refractivity contribution in [3.63, 3.8) is 0 Å². The minimum absolute atomic E-state index is 0.0566. The highest BCUT2D eigenvalue weighted by Gasteiger charge is 2.13. The van der Waals surface area contributed by atoms with Crippen LogP contribution in [0.25, 0.3) is 5.69 Å². The number of hydrogen-bond acceptors (Lipinski definition) is 4. The molecule has 0 fully saturated rings. The standard InChI is InChI=1S/C20H20N4O3S/c1-15(17-5-9-19(10-6-17)24-13-3-4-14-24)22-23-28(26,27)20-11-7-18(8-12-20)21-16(2)25/h3-14,23H,1-2H3,(H,21,25)/b22-15+. The molecule has 8 heteroatoms. The summed E-state index contributed by atoms with van der Waals surface area (Å²) in [6, 6.07) is 17.4. The summed E-state index contributed by atoms with van der Waals surface area (Å²) in [5, 5.41) is 6.59. The summed E-state index contributed by atoms with van der Waals surface area (Å²) in [5.41, 5.74) is 2.87. The molecule has 0 unspecified atom stereocenters. The van der Waals surface area contributed by atoms with Gasteiger partial charge in [0.1, 0.15) is 0 Å². The van der Waals surface area contributed by atoms with Gasteiger partial charge in [-0.25, -0.2) is 0 Å². The van der Waals surface area contributed by atoms with Crippen molar-refractivity contribution >= 4 is 27.3 Å². The molecule has 0 radical (unpaired) electrons. The van der Waals surface area contributed by atoms with E-state index in [0.717, 1.165) is 11.3 Å². The predicted octanol–water partition coefficient (Wildman–Crippen LogP) is 3.14. The lowest BCUT2D eigenvalue weighted by Gasteiger charge is -2.08. The third-order valence-electron chi connectivity index (χ3n) is 4.01. The van der Waals surface area contributed by atoms with Gasteiger partial charge in [-0.15, -0.1) is 0 Å². The number of nitrogens with zero attached hydrogens (tertiary/aromatic N) is 2. The summed E-state index contributed by atoms with van der Waals surface area (Å²) in [6.07, 6.45) is 3.89. The van der Waals surface area contributed by atoms with E-state index in [1.165, 1.54) is 31.2 Å². The molecular formula is C20H20N4O3S. The minimum atomic E-state index is -3.81. The van der Waals surface area contributed by atoms with Gasteiger partial charge < -0.3 is 9.88 Å². The van der Waals surface area contributed by atoms with Gasteiger partial charge in [0.15, 0.2) is 0 Å². The molecule has 3 rings (SSSR count). The summed E-state index contributed by atoms with van der Waals surface area (Å²) in [7, 11) is -3.81. The number of carbonyl (C=O) groups excluding carboxylic acids is 1. The number of hydrogen-bond donors (Lipinski definition) is 2. The van der Waals surface area contributed by atoms with E-state index in [4.69, 9.17) is 0 Å². The Kier molecular flexibility index (Phi) is 5.60. The highest BCUT2D eigenvalue weighted by molar-refractivity contribution is 7.89. The molecule has 2 aromatic carbocycles. The highest BCUT2D eigenvalue weighted by atomic mass is 32.2. The largest absolute Gasteiger partial charge is 0.326 e. The monoisotopic (exact) mass is 396 g/mol. The lowest BCUT2D eigenvalue weighted by Crippen LogP contribution is -2.20. The normalized spacial score (nSPS) is 11.9. The third-order valence-corrected chi connectivity index (χ3v) is 5.23. The van der Waals surface area contributed by atoms with Gasteiger partial charge in [0.05, 0.1) is 10.6 Å². The molecule has 3 aromatic rings. The zero-order valence-corrected chi connectivity index (χ0v) is 16.3. The van der Waals surface area contributed by atoms with Crippen LogP contribution in [-0.2, 0) is 14.8 Å². The van der Waals surface area contributed by atoms with Crippen LogP contribution < -0.4 is 10.1 Å². The van der Waals surface area contributed by atoms with Gasteiger partial charge in [0, 0.05) is 30.7 Å². The van der Waals surface area contributed by atoms with Crippen molar-refractivity contribution in [3.05, 3.63) is 78.6 Å². The number of amides is 1. The van der Waals surface area contributed by atoms with E-state index in [-0.39, 0.29) is 10.8 Å². The van der Waals surface area contributed by atoms with Crippen LogP contribution >= 0.6 is 0 Å². The second-order valence-electron chi connectivity index (χ2n) is 6.13. The van der Waals surface area contributed by atoms with Gasteiger partial charge in [-0.3, -0.25) is 4.79 Å². The SMILES string of the molecule is CC(=O)Nc1ccc(S(=O)(=O)N/N=C(\C)c2ccc(-n3cccc3)cc2)cc1. The molecule has 0 aliphatic heterocycles. The number of carbonyl (C=O) groups is 1. The van der Waals surface area contributed by atoms with E-state index in [0.29, 0.717) is 11.4 Å². The van der Waals surface area contributed by atoms with E-state index in [9.17, 15) is 13.2 Å². The van der Waals surface area contributed by atoms with Gasteiger partial charge in [-0.2, -0.15) is 18.4 Å². The molecule has 0 spiro atoms. The Labute approximate surface area is 163 Å². The van der Waals surface area contributed by atoms with Crippen LogP contribution in [0.4, 0.5) is 5.69 Å². The number of rotatable bonds is 6. The molecule has 0 aliphatic rings. The lowest BCUT2D eigenvalue weighted by molar-refractivity contribution is -0.114. The molecule has 144 valence electrons. The van der Waals surface area contributed by atoms with Crippen LogP contribution in [0.5, 0.6) is 0 Å². The van der Waals surface area contributed by atoms with Gasteiger partial charge in [-0.1, -0.05) is 12.1 Å². The van der Waals surface area contributed by atoms with Crippen molar-refractivity contribution in [1.29, 1.82) is 0 Å². The molecule has 0 atom stereocenters. The molecule has 1 aromatic heterocycles. The summed E-state index contributed by atoms with van der Waals surface area (Å²) in [4.78, 5) is 13.3. The summed E-state index contributed by atoms with van der Waals surface area (Å²) >= 11 is 0. The van der Waals surface area contributed by atoms with Gasteiger partial charge in [0.25, 0.3) is 10.0 Å². The molecule has 0 saturated heterocycles. The second kappa shape index (κ2) is 8.10. The van der Waals surface area contributed by atoms with Crippen molar-refractivity contribution in [1.82, 2.24) is 9.40 Å². The molecule has 1 amide bonds. The Morgan fingerprint density at radius 2 is 1.54 bits per heavy atom. The van der Waals surface area contributed by atoms with Crippen molar-refractivity contribution in [2.45, 2.75) is 18.7 Å². The fraction of sp³-hybridized carbons (Fsp3) is 0.100. The summed E-state index contributed by atoms with van der Waals surface area (Å²) in [6.45, 7) is 3.11. The van der Waals surface area contributed by atoms with Gasteiger partial charge in [-0.05, 0) is 61.0 Å². The Balaban J connectivity index is 1.71. The Hall–Kier alpha value is -3.39. The first-order valence-corrected chi connectivity index (χ1v) is 10.0. The summed E-state index contributed by atoms with van der Waals surface area (Å²) in [5.74, 6) is -0.225. The van der Waals surface area contributed by atoms with E-state index < -0.39 is 10.0 Å². The minimum Gasteiger partial charge on any atom is -0.326 e. The number of nitrogens with one attached hydrogen (secondary N) is 2. The highest BCUT2D eigenvalue weighted by Crippen LogP contribution is 2.15. The third kappa shape index (κ3) is 4.66. The van der Waals surface area contributed by atoms with Crippen LogP contribution in [0.15, 0.2) is 83.1 Å². The number of benzene rings is 2. The fourth-order valence-electron chi connectivity index (χ4n) is 2.55. The molecular weight excluding hydrogens is 376 g/mol. The fourth-order valence-corrected chi connectivity index (χ4v) is 3.40. The zero-order valence-electron chi connectivity index (χ0n) is 15.5. The Morgan fingerprint density at radius 3 is 2.11 bits per heavy atom. The summed E-state index contributed by atoms with van der Waals surface area (Å²) < 4.78 is 26.8. The van der Waals surface area contributed by atoms with Crippen molar-refractivity contribution in [3.8, 4) is 5.69 Å². The molecule has 7 nitrogen and oxygen atoms in total. The molecule has 0 aliphatic carbocycles. The Morgan fingerprint density at radius 1 is 0.929 bits per heavy atom. The van der Waals surface area contributed by atoms with Crippen LogP contribution in [0, 0.1) is 0 Å². The number of aromatic nitrogens is 1. The van der Waals surface area contributed by atoms with Gasteiger partial charge >= 0.3 is 0 Å². The number of anilines is 1. The van der Waals surface area contributed by atoms with Crippen LogP contribution in [0.3, 0.4) is 0 Å². The maximum Gasteiger partial charge on any atom is 0.276 e. The van der Waals surface area contributed by atoms with E-state index in [1.807, 2.05) is 53.4 Å². The predicted molar refractivity (Wildman–Crippen MR) is 109 cm³/mol. The maximum absolute atomic E-state index is 12.4. The first-order valence-electron chi connectivity index (χ1n) is 8.53. The quantitative estimate of drug-likeness (QED) is 0.495. The first-order chi connectivity index (χ1) is 13.3. The topological polar surface area (TPSA) is 92.6 Å². The average molecular weight is 396 g/mol. The van der Waals surface area contributed by atoms with Crippen molar-refractivity contribution in [2.75, 3.05) is 5.32 Å². The molecule has 0 saturated carbocycles. The lowest BCUT2D eigenvalue weighted by atomic mass is 10.1. The molecule has 0 bridgehead atoms. The molecule has 28 heavy (non-hydrogen) atoms. The van der Waals surface area contributed by atoms with Crippen LogP contribution in [0.2, 0.25) is 0 Å². The van der Waals surface area contributed by atoms with Gasteiger partial charge in [0.2, 0.25) is 5.91 Å². The zero-order chi connectivity index (χ0) is 20.1. The molecule has 2 N–H and O–H groups in total. The number of sulfonamides is 1. The first kappa shape index (κ1) is 19.4. The second-order valence-corrected chi connectivity index (χ2v) is 7.80. The van der Waals surface area contributed by atoms with E-state index in [1.54, 1.807) is 6.92 Å².